The Kier molecular flexibility index (Phi) is 4.70. The number of hydrogen-bond acceptors (Lipinski definition) is 3. The highest BCUT2D eigenvalue weighted by Gasteiger charge is 2.30. The molecule has 0 radical (unpaired) electrons. The molecule has 5 heteroatoms. The lowest BCUT2D eigenvalue weighted by molar-refractivity contribution is -0.142. The molecule has 1 atom stereocenters. The Morgan fingerprint density at radius 1 is 1.61 bits per heavy atom. The van der Waals surface area contributed by atoms with Crippen LogP contribution < -0.4 is 0 Å². The van der Waals surface area contributed by atoms with Gasteiger partial charge in [-0.3, -0.25) is 9.69 Å². The average Bonchev–Trinajstić information content (AvgIpc) is 2.79. The Hall–Kier alpha value is -0.520. The van der Waals surface area contributed by atoms with E-state index >= 15 is 0 Å². The normalized spacial score (nSPS) is 20.2. The summed E-state index contributed by atoms with van der Waals surface area (Å²) < 4.78 is 1.06. The van der Waals surface area contributed by atoms with Gasteiger partial charge in [0.05, 0.1) is 0 Å². The second kappa shape index (κ2) is 6.08. The highest BCUT2D eigenvalue weighted by molar-refractivity contribution is 9.10. The van der Waals surface area contributed by atoms with Crippen LogP contribution in [0.1, 0.15) is 18.4 Å². The number of likely N-dealkylation sites (tertiary alicyclic amines) is 1. The van der Waals surface area contributed by atoms with Crippen LogP contribution in [0.2, 0.25) is 0 Å². The number of rotatable bonds is 4. The molecule has 1 aromatic carbocycles. The molecule has 1 aromatic rings. The van der Waals surface area contributed by atoms with Crippen LogP contribution >= 0.6 is 27.7 Å². The summed E-state index contributed by atoms with van der Waals surface area (Å²) in [6, 6.07) is 5.86. The molecular formula is C13H16BrNO2S. The lowest BCUT2D eigenvalue weighted by Gasteiger charge is -2.22. The van der Waals surface area contributed by atoms with Gasteiger partial charge in [0.25, 0.3) is 0 Å². The van der Waals surface area contributed by atoms with Crippen molar-refractivity contribution in [3.05, 3.63) is 28.2 Å². The van der Waals surface area contributed by atoms with Crippen LogP contribution in [0.3, 0.4) is 0 Å². The Morgan fingerprint density at radius 3 is 3.06 bits per heavy atom. The van der Waals surface area contributed by atoms with Gasteiger partial charge in [0.2, 0.25) is 0 Å². The molecule has 1 aliphatic heterocycles. The monoisotopic (exact) mass is 329 g/mol. The molecule has 1 N–H and O–H groups in total. The Morgan fingerprint density at radius 2 is 2.39 bits per heavy atom. The van der Waals surface area contributed by atoms with Crippen LogP contribution in [-0.2, 0) is 11.3 Å². The molecule has 98 valence electrons. The molecule has 0 aliphatic carbocycles. The number of benzene rings is 1. The smallest absolute Gasteiger partial charge is 0.320 e. The largest absolute Gasteiger partial charge is 0.480 e. The van der Waals surface area contributed by atoms with Crippen molar-refractivity contribution >= 4 is 33.7 Å². The number of carboxylic acid groups (broad SMARTS) is 1. The number of thioether (sulfide) groups is 1. The Labute approximate surface area is 120 Å². The predicted octanol–water partition coefficient (Wildman–Crippen LogP) is 3.22. The maximum absolute atomic E-state index is 11.2. The van der Waals surface area contributed by atoms with E-state index in [1.54, 1.807) is 11.8 Å². The molecular weight excluding hydrogens is 314 g/mol. The molecule has 1 heterocycles. The molecule has 0 unspecified atom stereocenters. The van der Waals surface area contributed by atoms with Crippen LogP contribution in [-0.4, -0.2) is 34.8 Å². The van der Waals surface area contributed by atoms with E-state index < -0.39 is 5.97 Å². The first kappa shape index (κ1) is 13.9. The Bertz CT molecular complexity index is 453. The van der Waals surface area contributed by atoms with Gasteiger partial charge in [-0.05, 0) is 43.3 Å². The van der Waals surface area contributed by atoms with Crippen molar-refractivity contribution in [3.63, 3.8) is 0 Å². The van der Waals surface area contributed by atoms with Crippen molar-refractivity contribution in [2.45, 2.75) is 30.3 Å². The summed E-state index contributed by atoms with van der Waals surface area (Å²) in [5.74, 6) is -0.699. The minimum Gasteiger partial charge on any atom is -0.480 e. The van der Waals surface area contributed by atoms with Gasteiger partial charge in [0.1, 0.15) is 6.04 Å². The van der Waals surface area contributed by atoms with Crippen molar-refractivity contribution in [3.8, 4) is 0 Å². The summed E-state index contributed by atoms with van der Waals surface area (Å²) >= 11 is 5.16. The fourth-order valence-corrected chi connectivity index (χ4v) is 3.52. The molecule has 1 aliphatic rings. The zero-order chi connectivity index (χ0) is 13.1. The van der Waals surface area contributed by atoms with E-state index in [1.807, 2.05) is 12.3 Å². The minimum absolute atomic E-state index is 0.316. The quantitative estimate of drug-likeness (QED) is 0.861. The van der Waals surface area contributed by atoms with Gasteiger partial charge in [-0.15, -0.1) is 11.8 Å². The van der Waals surface area contributed by atoms with Crippen molar-refractivity contribution in [1.29, 1.82) is 0 Å². The second-order valence-electron chi connectivity index (χ2n) is 4.42. The van der Waals surface area contributed by atoms with Gasteiger partial charge >= 0.3 is 5.97 Å². The van der Waals surface area contributed by atoms with E-state index in [9.17, 15) is 9.90 Å². The highest BCUT2D eigenvalue weighted by Crippen LogP contribution is 2.28. The molecule has 1 saturated heterocycles. The number of halogens is 1. The first-order chi connectivity index (χ1) is 8.61. The molecule has 0 spiro atoms. The lowest BCUT2D eigenvalue weighted by Crippen LogP contribution is -2.35. The van der Waals surface area contributed by atoms with Crippen molar-refractivity contribution in [1.82, 2.24) is 4.90 Å². The van der Waals surface area contributed by atoms with Crippen LogP contribution in [0.15, 0.2) is 27.6 Å². The van der Waals surface area contributed by atoms with Gasteiger partial charge in [0, 0.05) is 15.9 Å². The summed E-state index contributed by atoms with van der Waals surface area (Å²) in [6.07, 6.45) is 3.78. The maximum Gasteiger partial charge on any atom is 0.320 e. The van der Waals surface area contributed by atoms with Gasteiger partial charge in [-0.2, -0.15) is 0 Å². The number of carbonyl (C=O) groups is 1. The maximum atomic E-state index is 11.2. The van der Waals surface area contributed by atoms with E-state index in [-0.39, 0.29) is 6.04 Å². The van der Waals surface area contributed by atoms with E-state index in [4.69, 9.17) is 0 Å². The predicted molar refractivity (Wildman–Crippen MR) is 77.0 cm³/mol. The Balaban J connectivity index is 2.16. The molecule has 2 rings (SSSR count). The van der Waals surface area contributed by atoms with Crippen molar-refractivity contribution in [2.75, 3.05) is 12.8 Å². The molecule has 3 nitrogen and oxygen atoms in total. The van der Waals surface area contributed by atoms with Gasteiger partial charge < -0.3 is 5.11 Å². The third kappa shape index (κ3) is 3.08. The van der Waals surface area contributed by atoms with E-state index in [1.165, 1.54) is 10.5 Å². The van der Waals surface area contributed by atoms with Crippen LogP contribution in [0.4, 0.5) is 0 Å². The van der Waals surface area contributed by atoms with Crippen molar-refractivity contribution < 1.29 is 9.90 Å². The molecule has 0 bridgehead atoms. The topological polar surface area (TPSA) is 40.5 Å². The first-order valence-corrected chi connectivity index (χ1v) is 7.93. The SMILES string of the molecule is CSc1cc(Br)ccc1CN1CCC[C@H]1C(=O)O. The van der Waals surface area contributed by atoms with Gasteiger partial charge in [-0.25, -0.2) is 0 Å². The minimum atomic E-state index is -0.699. The van der Waals surface area contributed by atoms with Gasteiger partial charge in [-0.1, -0.05) is 22.0 Å². The molecule has 0 saturated carbocycles. The number of hydrogen-bond donors (Lipinski definition) is 1. The molecule has 18 heavy (non-hydrogen) atoms. The summed E-state index contributed by atoms with van der Waals surface area (Å²) in [4.78, 5) is 14.4. The summed E-state index contributed by atoms with van der Waals surface area (Å²) in [5, 5.41) is 9.18. The standard InChI is InChI=1S/C13H16BrNO2S/c1-18-12-7-10(14)5-4-9(12)8-15-6-2-3-11(15)13(16)17/h4-5,7,11H,2-3,6,8H2,1H3,(H,16,17)/t11-/m0/s1. The summed E-state index contributed by atoms with van der Waals surface area (Å²) in [7, 11) is 0. The summed E-state index contributed by atoms with van der Waals surface area (Å²) in [5.41, 5.74) is 1.21. The third-order valence-electron chi connectivity index (χ3n) is 3.27. The zero-order valence-electron chi connectivity index (χ0n) is 10.2. The molecule has 0 amide bonds. The zero-order valence-corrected chi connectivity index (χ0v) is 12.6. The van der Waals surface area contributed by atoms with Crippen LogP contribution in [0, 0.1) is 0 Å². The third-order valence-corrected chi connectivity index (χ3v) is 4.58. The van der Waals surface area contributed by atoms with Gasteiger partial charge in [0.15, 0.2) is 0 Å². The number of carboxylic acids is 1. The summed E-state index contributed by atoms with van der Waals surface area (Å²) in [6.45, 7) is 1.60. The molecule has 1 fully saturated rings. The number of nitrogens with zero attached hydrogens (tertiary/aromatic N) is 1. The first-order valence-electron chi connectivity index (χ1n) is 5.91. The van der Waals surface area contributed by atoms with Crippen LogP contribution in [0.25, 0.3) is 0 Å². The van der Waals surface area contributed by atoms with Crippen LogP contribution in [0.5, 0.6) is 0 Å². The lowest BCUT2D eigenvalue weighted by atomic mass is 10.2. The van der Waals surface area contributed by atoms with Crippen molar-refractivity contribution in [2.24, 2.45) is 0 Å². The highest BCUT2D eigenvalue weighted by atomic mass is 79.9. The fourth-order valence-electron chi connectivity index (χ4n) is 2.36. The average molecular weight is 330 g/mol. The van der Waals surface area contributed by atoms with E-state index in [0.717, 1.165) is 30.4 Å². The number of aliphatic carboxylic acids is 1. The van der Waals surface area contributed by atoms with E-state index in [0.29, 0.717) is 0 Å². The van der Waals surface area contributed by atoms with E-state index in [2.05, 4.69) is 33.0 Å². The fraction of sp³-hybridized carbons (Fsp3) is 0.462. The second-order valence-corrected chi connectivity index (χ2v) is 6.19. The molecule has 0 aromatic heterocycles.